The minimum atomic E-state index is -0.923. The molecule has 5 atom stereocenters. The molecule has 334 valence electrons. The fourth-order valence-corrected chi connectivity index (χ4v) is 8.43. The molecule has 3 aromatic rings. The first kappa shape index (κ1) is 48.0. The predicted molar refractivity (Wildman–Crippen MR) is 236 cm³/mol. The third-order valence-electron chi connectivity index (χ3n) is 12.0. The van der Waals surface area contributed by atoms with Gasteiger partial charge in [-0.15, -0.1) is 0 Å². The van der Waals surface area contributed by atoms with Crippen LogP contribution in [-0.4, -0.2) is 97.3 Å². The molecule has 12 heteroatoms. The highest BCUT2D eigenvalue weighted by atomic mass is 16.6. The van der Waals surface area contributed by atoms with Crippen LogP contribution in [0, 0.1) is 23.7 Å². The topological polar surface area (TPSA) is 157 Å². The van der Waals surface area contributed by atoms with Gasteiger partial charge in [-0.25, -0.2) is 0 Å². The van der Waals surface area contributed by atoms with E-state index in [9.17, 15) is 28.8 Å². The molecule has 0 unspecified atom stereocenters. The fourth-order valence-electron chi connectivity index (χ4n) is 8.43. The Morgan fingerprint density at radius 2 is 1.31 bits per heavy atom. The number of nitrogens with zero attached hydrogens (tertiary/aromatic N) is 1. The Morgan fingerprint density at radius 1 is 0.742 bits per heavy atom. The van der Waals surface area contributed by atoms with Gasteiger partial charge in [-0.05, 0) is 86.3 Å². The summed E-state index contributed by atoms with van der Waals surface area (Å²) in [4.78, 5) is 81.6. The van der Waals surface area contributed by atoms with Crippen molar-refractivity contribution in [2.75, 3.05) is 39.5 Å². The van der Waals surface area contributed by atoms with E-state index >= 15 is 0 Å². The van der Waals surface area contributed by atoms with Crippen LogP contribution in [0.2, 0.25) is 0 Å². The zero-order valence-corrected chi connectivity index (χ0v) is 37.1. The fraction of sp³-hybridized carbons (Fsp3) is 0.520. The summed E-state index contributed by atoms with van der Waals surface area (Å²) < 4.78 is 16.6. The van der Waals surface area contributed by atoms with E-state index < -0.39 is 35.4 Å². The molecule has 0 bridgehead atoms. The van der Waals surface area contributed by atoms with Crippen LogP contribution in [0.5, 0.6) is 5.75 Å². The zero-order valence-electron chi connectivity index (χ0n) is 37.1. The predicted octanol–water partition coefficient (Wildman–Crippen LogP) is 6.01. The van der Waals surface area contributed by atoms with E-state index in [1.807, 2.05) is 100 Å². The molecule has 2 amide bonds. The number of ketones is 3. The monoisotopic (exact) mass is 852 g/mol. The smallest absolute Gasteiger partial charge is 0.298 e. The van der Waals surface area contributed by atoms with Crippen LogP contribution >= 0.6 is 0 Å². The van der Waals surface area contributed by atoms with E-state index in [1.165, 1.54) is 0 Å². The van der Waals surface area contributed by atoms with Crippen LogP contribution in [0.1, 0.15) is 83.4 Å². The van der Waals surface area contributed by atoms with Gasteiger partial charge in [-0.3, -0.25) is 28.8 Å². The lowest BCUT2D eigenvalue weighted by atomic mass is 9.87. The van der Waals surface area contributed by atoms with Gasteiger partial charge in [0.05, 0.1) is 31.9 Å². The molecule has 62 heavy (non-hydrogen) atoms. The molecule has 2 N–H and O–H groups in total. The number of aryl methyl sites for hydroxylation is 1. The van der Waals surface area contributed by atoms with Gasteiger partial charge in [0, 0.05) is 30.2 Å². The number of hydrogen-bond donors (Lipinski definition) is 2. The molecule has 0 aromatic heterocycles. The summed E-state index contributed by atoms with van der Waals surface area (Å²) in [5, 5.41) is 6.07. The van der Waals surface area contributed by atoms with E-state index in [1.54, 1.807) is 19.1 Å². The molecule has 0 saturated carbocycles. The summed E-state index contributed by atoms with van der Waals surface area (Å²) in [7, 11) is 0. The summed E-state index contributed by atoms with van der Waals surface area (Å²) in [6.45, 7) is 13.4. The Balaban J connectivity index is 1.34. The Bertz CT molecular complexity index is 1940. The number of Topliss-reactive ketones (excluding diaryl/α,β-unsaturated/α-hetero) is 3. The summed E-state index contributed by atoms with van der Waals surface area (Å²) >= 11 is 0. The van der Waals surface area contributed by atoms with Crippen molar-refractivity contribution >= 4 is 35.6 Å². The maximum Gasteiger partial charge on any atom is 0.298 e. The Hall–Kier alpha value is -5.04. The number of quaternary nitrogens is 1. The SMILES string of the molecule is CC(C)C[C@H](NC(=O)[C@H](CCc1ccccc1)CC(=O)C[N+]1(Cc2ccc(OC=O)cc2)CCOCC1)C(=O)C[C@@H](Cc1ccccc1)C(=O)N[C@@H](CC(C)C)C(=O)[C@@]1(C)CO1. The van der Waals surface area contributed by atoms with Crippen LogP contribution in [0.25, 0.3) is 0 Å². The summed E-state index contributed by atoms with van der Waals surface area (Å²) in [6, 6.07) is 24.9. The second kappa shape index (κ2) is 22.9. The van der Waals surface area contributed by atoms with Crippen molar-refractivity contribution in [3.63, 3.8) is 0 Å². The average Bonchev–Trinajstić information content (AvgIpc) is 4.00. The van der Waals surface area contributed by atoms with Crippen molar-refractivity contribution in [3.05, 3.63) is 102 Å². The van der Waals surface area contributed by atoms with E-state index in [0.717, 1.165) is 16.7 Å². The van der Waals surface area contributed by atoms with Gasteiger partial charge in [0.25, 0.3) is 6.47 Å². The number of carbonyl (C=O) groups is 6. The number of carbonyl (C=O) groups excluding carboxylic acids is 6. The van der Waals surface area contributed by atoms with E-state index in [2.05, 4.69) is 10.6 Å². The molecule has 2 saturated heterocycles. The zero-order chi connectivity index (χ0) is 44.7. The molecule has 2 heterocycles. The van der Waals surface area contributed by atoms with Crippen molar-refractivity contribution in [2.24, 2.45) is 23.7 Å². The molecule has 5 rings (SSSR count). The van der Waals surface area contributed by atoms with Crippen molar-refractivity contribution in [2.45, 2.75) is 104 Å². The first-order chi connectivity index (χ1) is 29.7. The second-order valence-electron chi connectivity index (χ2n) is 18.4. The van der Waals surface area contributed by atoms with Crippen LogP contribution in [-0.2, 0) is 57.6 Å². The van der Waals surface area contributed by atoms with Gasteiger partial charge in [0.15, 0.2) is 17.3 Å². The quantitative estimate of drug-likeness (QED) is 0.0561. The molecular formula is C50H66N3O9+. The molecular weight excluding hydrogens is 787 g/mol. The van der Waals surface area contributed by atoms with Crippen LogP contribution in [0.3, 0.4) is 0 Å². The number of rotatable bonds is 26. The van der Waals surface area contributed by atoms with Gasteiger partial charge in [-0.1, -0.05) is 88.4 Å². The number of hydrogen-bond acceptors (Lipinski definition) is 9. The lowest BCUT2D eigenvalue weighted by Crippen LogP contribution is -2.57. The number of benzene rings is 3. The normalized spacial score (nSPS) is 18.8. The third kappa shape index (κ3) is 14.8. The summed E-state index contributed by atoms with van der Waals surface area (Å²) in [6.07, 6.45) is 1.88. The highest BCUT2D eigenvalue weighted by Gasteiger charge is 2.50. The van der Waals surface area contributed by atoms with Crippen molar-refractivity contribution in [1.29, 1.82) is 0 Å². The second-order valence-corrected chi connectivity index (χ2v) is 18.4. The Kier molecular flexibility index (Phi) is 17.7. The standard InChI is InChI=1S/C50H65N3O9/c1-35(2)26-44(46(56)30-41(28-38-14-10-7-11-15-38)49(59)52-45(27-36(3)4)47(57)50(5)33-62-50)51-48(58)40(19-16-37-12-8-6-9-13-37)29-42(55)32-53(22-24-60-25-23-53)31-39-17-20-43(21-18-39)61-34-54/h6-15,17-18,20-21,34-36,40-41,44-45H,16,19,22-33H2,1-5H3,(H-,51,52,58,59)/p+1/t40-,41-,44+,45+,50-/m1/s1. The molecule has 2 fully saturated rings. The van der Waals surface area contributed by atoms with Gasteiger partial charge in [0.1, 0.15) is 37.5 Å². The number of epoxide rings is 1. The van der Waals surface area contributed by atoms with Crippen molar-refractivity contribution < 1.29 is 47.5 Å². The van der Waals surface area contributed by atoms with Crippen LogP contribution in [0.4, 0.5) is 0 Å². The van der Waals surface area contributed by atoms with E-state index in [4.69, 9.17) is 14.2 Å². The minimum Gasteiger partial charge on any atom is -0.429 e. The minimum absolute atomic E-state index is 0.00116. The number of ether oxygens (including phenoxy) is 3. The molecule has 0 aliphatic carbocycles. The first-order valence-electron chi connectivity index (χ1n) is 22.2. The number of amides is 2. The Morgan fingerprint density at radius 3 is 1.89 bits per heavy atom. The molecule has 2 aliphatic rings. The average molecular weight is 853 g/mol. The highest BCUT2D eigenvalue weighted by Crippen LogP contribution is 2.30. The van der Waals surface area contributed by atoms with Crippen LogP contribution < -0.4 is 15.4 Å². The molecule has 0 spiro atoms. The maximum absolute atomic E-state index is 14.5. The van der Waals surface area contributed by atoms with Gasteiger partial charge >= 0.3 is 0 Å². The van der Waals surface area contributed by atoms with E-state index in [0.29, 0.717) is 81.8 Å². The van der Waals surface area contributed by atoms with Gasteiger partial charge in [0.2, 0.25) is 11.8 Å². The largest absolute Gasteiger partial charge is 0.429 e. The Labute approximate surface area is 367 Å². The molecule has 3 aromatic carbocycles. The molecule has 0 radical (unpaired) electrons. The summed E-state index contributed by atoms with van der Waals surface area (Å²) in [5.74, 6) is -2.17. The van der Waals surface area contributed by atoms with Gasteiger partial charge in [-0.2, -0.15) is 0 Å². The highest BCUT2D eigenvalue weighted by molar-refractivity contribution is 5.98. The number of morpholine rings is 1. The van der Waals surface area contributed by atoms with Crippen molar-refractivity contribution in [3.8, 4) is 5.75 Å². The van der Waals surface area contributed by atoms with E-state index in [-0.39, 0.29) is 60.9 Å². The van der Waals surface area contributed by atoms with Crippen molar-refractivity contribution in [1.82, 2.24) is 10.6 Å². The molecule has 2 aliphatic heterocycles. The number of nitrogens with one attached hydrogen (secondary N) is 2. The third-order valence-corrected chi connectivity index (χ3v) is 12.0. The lowest BCUT2D eigenvalue weighted by molar-refractivity contribution is -0.940. The van der Waals surface area contributed by atoms with Gasteiger partial charge < -0.3 is 29.3 Å². The lowest BCUT2D eigenvalue weighted by Gasteiger charge is -2.41. The van der Waals surface area contributed by atoms with Crippen LogP contribution in [0.15, 0.2) is 84.9 Å². The molecule has 12 nitrogen and oxygen atoms in total. The first-order valence-corrected chi connectivity index (χ1v) is 22.2. The summed E-state index contributed by atoms with van der Waals surface area (Å²) in [5.41, 5.74) is 1.97. The maximum atomic E-state index is 14.5.